The Bertz CT molecular complexity index is 1540. The molecule has 2 aliphatic rings. The summed E-state index contributed by atoms with van der Waals surface area (Å²) in [6, 6.07) is 25.3. The summed E-state index contributed by atoms with van der Waals surface area (Å²) in [4.78, 5) is 23.0. The van der Waals surface area contributed by atoms with Crippen LogP contribution in [0.15, 0.2) is 78.9 Å². The van der Waals surface area contributed by atoms with Gasteiger partial charge in [-0.15, -0.1) is 5.06 Å². The third kappa shape index (κ3) is 7.02. The Balaban J connectivity index is 1.12. The summed E-state index contributed by atoms with van der Waals surface area (Å²) in [7, 11) is 0. The zero-order valence-corrected chi connectivity index (χ0v) is 25.1. The Labute approximate surface area is 257 Å². The molecule has 224 valence electrons. The molecule has 3 aromatic carbocycles. The normalized spacial score (nSPS) is 16.5. The number of carbonyl (C=O) groups excluding carboxylic acids is 1. The summed E-state index contributed by atoms with van der Waals surface area (Å²) in [6.45, 7) is 7.71. The van der Waals surface area contributed by atoms with E-state index in [9.17, 15) is 9.90 Å². The molecule has 4 aromatic rings. The number of rotatable bonds is 8. The van der Waals surface area contributed by atoms with E-state index in [0.717, 1.165) is 48.7 Å². The van der Waals surface area contributed by atoms with Gasteiger partial charge in [0, 0.05) is 78.9 Å². The number of anilines is 2. The van der Waals surface area contributed by atoms with Crippen LogP contribution in [0.1, 0.15) is 16.8 Å². The van der Waals surface area contributed by atoms with Crippen LogP contribution in [0.25, 0.3) is 11.3 Å². The van der Waals surface area contributed by atoms with Gasteiger partial charge >= 0.3 is 6.09 Å². The van der Waals surface area contributed by atoms with Crippen LogP contribution in [0.2, 0.25) is 5.02 Å². The van der Waals surface area contributed by atoms with Crippen LogP contribution >= 0.6 is 11.6 Å². The molecule has 1 aromatic heterocycles. The quantitative estimate of drug-likeness (QED) is 0.287. The molecule has 10 heteroatoms. The molecule has 43 heavy (non-hydrogen) atoms. The van der Waals surface area contributed by atoms with E-state index in [4.69, 9.17) is 21.5 Å². The number of nitrogens with one attached hydrogen (secondary N) is 1. The number of piperazine rings is 1. The Morgan fingerprint density at radius 2 is 1.67 bits per heavy atom. The van der Waals surface area contributed by atoms with Crippen molar-refractivity contribution in [3.8, 4) is 11.3 Å². The number of hydroxylamine groups is 2. The second-order valence-electron chi connectivity index (χ2n) is 11.2. The van der Waals surface area contributed by atoms with Gasteiger partial charge in [-0.1, -0.05) is 60.1 Å². The van der Waals surface area contributed by atoms with Gasteiger partial charge in [0.2, 0.25) is 0 Å². The van der Waals surface area contributed by atoms with E-state index in [1.165, 1.54) is 11.3 Å². The molecule has 1 saturated heterocycles. The predicted octanol–water partition coefficient (Wildman–Crippen LogP) is 5.22. The third-order valence-corrected chi connectivity index (χ3v) is 8.38. The van der Waals surface area contributed by atoms with Crippen molar-refractivity contribution in [3.05, 3.63) is 101 Å². The highest BCUT2D eigenvalue weighted by atomic mass is 35.5. The number of aromatic nitrogens is 2. The van der Waals surface area contributed by atoms with Gasteiger partial charge in [0.1, 0.15) is 0 Å². The molecule has 1 fully saturated rings. The maximum atomic E-state index is 12.6. The molecule has 0 spiro atoms. The molecule has 6 rings (SSSR count). The average molecular weight is 601 g/mol. The Kier molecular flexibility index (Phi) is 8.95. The first-order chi connectivity index (χ1) is 20.9. The van der Waals surface area contributed by atoms with E-state index in [1.807, 2.05) is 59.3 Å². The number of β-amino-alcohol motifs (C(OH)–C–C–N with tert-alkyl or cyclic N) is 1. The molecule has 0 radical (unpaired) electrons. The Morgan fingerprint density at radius 1 is 0.953 bits per heavy atom. The van der Waals surface area contributed by atoms with Crippen LogP contribution in [0.4, 0.5) is 16.2 Å². The van der Waals surface area contributed by atoms with Crippen molar-refractivity contribution < 1.29 is 14.7 Å². The monoisotopic (exact) mass is 600 g/mol. The topological polar surface area (TPSA) is 86.1 Å². The highest BCUT2D eigenvalue weighted by Gasteiger charge is 2.29. The lowest BCUT2D eigenvalue weighted by Crippen LogP contribution is -2.49. The number of para-hydroxylation sites is 2. The minimum atomic E-state index is -0.571. The molecule has 1 atom stereocenters. The molecule has 1 amide bonds. The fourth-order valence-electron chi connectivity index (χ4n) is 5.96. The molecule has 2 aliphatic heterocycles. The number of aryl methyl sites for hydroxylation is 1. The molecular formula is C33H37ClN6O3. The molecule has 2 N–H and O–H groups in total. The summed E-state index contributed by atoms with van der Waals surface area (Å²) < 4.78 is 1.94. The number of aliphatic hydroxyl groups is 1. The van der Waals surface area contributed by atoms with Crippen molar-refractivity contribution in [2.45, 2.75) is 32.5 Å². The smallest absolute Gasteiger partial charge is 0.390 e. The van der Waals surface area contributed by atoms with Crippen molar-refractivity contribution in [3.63, 3.8) is 0 Å². The van der Waals surface area contributed by atoms with Crippen LogP contribution in [0.3, 0.4) is 0 Å². The van der Waals surface area contributed by atoms with E-state index in [1.54, 1.807) is 5.06 Å². The standard InChI is InChI=1S/C33H37ClN6O3/c1-24-7-5-6-10-30(24)38-19-17-37(18-20-38)21-28(41)22-40-31-15-16-39(43-33(42)35-27-8-3-2-4-9-27)23-29(31)32(36-40)25-11-13-26(34)14-12-25/h2-14,28,41H,15-23H2,1H3,(H,35,42). The number of amides is 1. The number of aliphatic hydroxyl groups excluding tert-OH is 1. The zero-order chi connectivity index (χ0) is 29.8. The predicted molar refractivity (Wildman–Crippen MR) is 169 cm³/mol. The second-order valence-corrected chi connectivity index (χ2v) is 11.6. The van der Waals surface area contributed by atoms with Crippen LogP contribution in [0, 0.1) is 6.92 Å². The van der Waals surface area contributed by atoms with Gasteiger partial charge in [-0.25, -0.2) is 4.79 Å². The third-order valence-electron chi connectivity index (χ3n) is 8.13. The number of hydrogen-bond donors (Lipinski definition) is 2. The molecule has 0 aliphatic carbocycles. The first-order valence-corrected chi connectivity index (χ1v) is 15.1. The van der Waals surface area contributed by atoms with Crippen molar-refractivity contribution >= 4 is 29.1 Å². The number of nitrogens with zero attached hydrogens (tertiary/aromatic N) is 5. The van der Waals surface area contributed by atoms with Gasteiger partial charge in [-0.2, -0.15) is 5.10 Å². The van der Waals surface area contributed by atoms with E-state index < -0.39 is 12.2 Å². The van der Waals surface area contributed by atoms with Gasteiger partial charge in [0.15, 0.2) is 0 Å². The van der Waals surface area contributed by atoms with E-state index in [-0.39, 0.29) is 0 Å². The van der Waals surface area contributed by atoms with Crippen LogP contribution in [-0.2, 0) is 24.3 Å². The van der Waals surface area contributed by atoms with E-state index >= 15 is 0 Å². The van der Waals surface area contributed by atoms with Gasteiger partial charge in [0.05, 0.1) is 24.9 Å². The zero-order valence-electron chi connectivity index (χ0n) is 24.3. The van der Waals surface area contributed by atoms with Crippen LogP contribution < -0.4 is 10.2 Å². The van der Waals surface area contributed by atoms with Crippen LogP contribution in [0.5, 0.6) is 0 Å². The van der Waals surface area contributed by atoms with Crippen LogP contribution in [-0.4, -0.2) is 76.3 Å². The summed E-state index contributed by atoms with van der Waals surface area (Å²) in [5, 5.41) is 21.2. The van der Waals surface area contributed by atoms with Gasteiger partial charge in [0.25, 0.3) is 0 Å². The highest BCUT2D eigenvalue weighted by Crippen LogP contribution is 2.31. The summed E-state index contributed by atoms with van der Waals surface area (Å²) in [5.41, 5.74) is 7.02. The lowest BCUT2D eigenvalue weighted by molar-refractivity contribution is -0.105. The van der Waals surface area contributed by atoms with Gasteiger partial charge in [-0.05, 0) is 42.8 Å². The molecule has 0 saturated carbocycles. The Hall–Kier alpha value is -3.89. The average Bonchev–Trinajstić information content (AvgIpc) is 3.36. The molecule has 9 nitrogen and oxygen atoms in total. The van der Waals surface area contributed by atoms with Crippen molar-refractivity contribution in [2.75, 3.05) is 49.5 Å². The molecular weight excluding hydrogens is 564 g/mol. The number of hydrogen-bond acceptors (Lipinski definition) is 7. The number of fused-ring (bicyclic) bond motifs is 1. The summed E-state index contributed by atoms with van der Waals surface area (Å²) >= 11 is 6.17. The SMILES string of the molecule is Cc1ccccc1N1CCN(CC(O)Cn2nc(-c3ccc(Cl)cc3)c3c2CCN(OC(=O)Nc2ccccc2)C3)CC1. The molecule has 1 unspecified atom stereocenters. The first kappa shape index (κ1) is 29.2. The first-order valence-electron chi connectivity index (χ1n) is 14.8. The lowest BCUT2D eigenvalue weighted by atomic mass is 10.0. The number of halogens is 1. The number of benzene rings is 3. The molecule has 0 bridgehead atoms. The molecule has 3 heterocycles. The van der Waals surface area contributed by atoms with Crippen molar-refractivity contribution in [1.29, 1.82) is 0 Å². The second kappa shape index (κ2) is 13.2. The van der Waals surface area contributed by atoms with E-state index in [2.05, 4.69) is 46.3 Å². The number of carbonyl (C=O) groups is 1. The highest BCUT2D eigenvalue weighted by molar-refractivity contribution is 6.30. The van der Waals surface area contributed by atoms with Crippen molar-refractivity contribution in [2.24, 2.45) is 0 Å². The Morgan fingerprint density at radius 3 is 2.42 bits per heavy atom. The minimum absolute atomic E-state index is 0.392. The minimum Gasteiger partial charge on any atom is -0.390 e. The lowest BCUT2D eigenvalue weighted by Gasteiger charge is -2.37. The summed E-state index contributed by atoms with van der Waals surface area (Å²) in [5.74, 6) is 0. The fraction of sp³-hybridized carbons (Fsp3) is 0.333. The fourth-order valence-corrected chi connectivity index (χ4v) is 6.09. The maximum absolute atomic E-state index is 12.6. The van der Waals surface area contributed by atoms with Gasteiger partial charge < -0.3 is 14.8 Å². The van der Waals surface area contributed by atoms with Crippen molar-refractivity contribution in [1.82, 2.24) is 19.7 Å². The largest absolute Gasteiger partial charge is 0.430 e. The van der Waals surface area contributed by atoms with Gasteiger partial charge in [-0.3, -0.25) is 14.9 Å². The maximum Gasteiger partial charge on any atom is 0.430 e. The van der Waals surface area contributed by atoms with E-state index in [0.29, 0.717) is 43.3 Å². The summed E-state index contributed by atoms with van der Waals surface area (Å²) in [6.07, 6.45) is -0.470.